The van der Waals surface area contributed by atoms with Gasteiger partial charge in [-0.2, -0.15) is 0 Å². The number of aliphatic hydroxyl groups excluding tert-OH is 1. The third-order valence-electron chi connectivity index (χ3n) is 5.41. The van der Waals surface area contributed by atoms with E-state index in [0.717, 1.165) is 0 Å². The van der Waals surface area contributed by atoms with E-state index in [1.807, 2.05) is 0 Å². The van der Waals surface area contributed by atoms with Gasteiger partial charge in [-0.05, 0) is 49.4 Å². The van der Waals surface area contributed by atoms with E-state index in [2.05, 4.69) is 16.0 Å². The Labute approximate surface area is 204 Å². The minimum Gasteiger partial charge on any atom is -0.508 e. The zero-order chi connectivity index (χ0) is 26.5. The van der Waals surface area contributed by atoms with Crippen LogP contribution in [-0.2, 0) is 25.6 Å². The van der Waals surface area contributed by atoms with Crippen LogP contribution in [0.2, 0.25) is 0 Å². The molecule has 1 rings (SSSR count). The van der Waals surface area contributed by atoms with Crippen molar-refractivity contribution in [2.45, 2.75) is 63.7 Å². The van der Waals surface area contributed by atoms with Gasteiger partial charge in [0.15, 0.2) is 0 Å². The van der Waals surface area contributed by atoms with E-state index in [1.54, 1.807) is 26.0 Å². The number of phenolic OH excluding ortho intramolecular Hbond substituents is 1. The summed E-state index contributed by atoms with van der Waals surface area (Å²) in [7, 11) is 0. The first-order chi connectivity index (χ1) is 16.5. The third-order valence-corrected chi connectivity index (χ3v) is 5.41. The Bertz CT molecular complexity index is 847. The van der Waals surface area contributed by atoms with E-state index in [1.165, 1.54) is 12.1 Å². The number of rotatable bonds is 15. The summed E-state index contributed by atoms with van der Waals surface area (Å²) in [5, 5.41) is 35.9. The van der Waals surface area contributed by atoms with Gasteiger partial charge in [0.05, 0.1) is 12.6 Å². The molecule has 1 aromatic rings. The molecular formula is C23H37N5O7. The molecule has 12 nitrogen and oxygen atoms in total. The minimum absolute atomic E-state index is 0.00850. The van der Waals surface area contributed by atoms with Crippen LogP contribution in [0.5, 0.6) is 5.75 Å². The normalized spacial score (nSPS) is 14.5. The van der Waals surface area contributed by atoms with Crippen LogP contribution in [0.15, 0.2) is 24.3 Å². The molecule has 196 valence electrons. The molecule has 4 unspecified atom stereocenters. The Kier molecular flexibility index (Phi) is 12.7. The molecule has 0 saturated heterocycles. The first-order valence-corrected chi connectivity index (χ1v) is 11.5. The number of hydrogen-bond donors (Lipinski definition) is 8. The molecule has 0 heterocycles. The standard InChI is InChI=1S/C23H37N5O7/c1-13(2)19(25)22(33)28-18(12-29)21(32)27-17(11-14-6-8-15(30)9-7-14)20(31)26-16(23(34)35)5-3-4-10-24/h6-9,13,16-19,29-30H,3-5,10-12,24-25H2,1-2H3,(H,26,31)(H,27,32)(H,28,33)(H,34,35). The Hall–Kier alpha value is -3.22. The molecule has 0 aliphatic carbocycles. The average Bonchev–Trinajstić information content (AvgIpc) is 2.81. The minimum atomic E-state index is -1.37. The fourth-order valence-electron chi connectivity index (χ4n) is 3.14. The number of unbranched alkanes of at least 4 members (excludes halogenated alkanes) is 1. The predicted octanol–water partition coefficient (Wildman–Crippen LogP) is -1.42. The van der Waals surface area contributed by atoms with Crippen molar-refractivity contribution in [1.82, 2.24) is 16.0 Å². The third kappa shape index (κ3) is 10.3. The molecule has 0 radical (unpaired) electrons. The predicted molar refractivity (Wildman–Crippen MR) is 128 cm³/mol. The number of nitrogens with two attached hydrogens (primary N) is 2. The van der Waals surface area contributed by atoms with Crippen LogP contribution in [0.4, 0.5) is 0 Å². The molecule has 35 heavy (non-hydrogen) atoms. The fourth-order valence-corrected chi connectivity index (χ4v) is 3.14. The molecule has 10 N–H and O–H groups in total. The highest BCUT2D eigenvalue weighted by atomic mass is 16.4. The lowest BCUT2D eigenvalue weighted by Gasteiger charge is -2.25. The molecule has 3 amide bonds. The summed E-state index contributed by atoms with van der Waals surface area (Å²) in [5.74, 6) is -3.67. The van der Waals surface area contributed by atoms with E-state index in [0.29, 0.717) is 24.9 Å². The second-order valence-corrected chi connectivity index (χ2v) is 8.63. The smallest absolute Gasteiger partial charge is 0.326 e. The van der Waals surface area contributed by atoms with Gasteiger partial charge in [0, 0.05) is 6.42 Å². The van der Waals surface area contributed by atoms with Crippen molar-refractivity contribution in [2.75, 3.05) is 13.2 Å². The zero-order valence-corrected chi connectivity index (χ0v) is 20.1. The second kappa shape index (κ2) is 14.9. The monoisotopic (exact) mass is 495 g/mol. The maximum Gasteiger partial charge on any atom is 0.326 e. The van der Waals surface area contributed by atoms with E-state index in [4.69, 9.17) is 11.5 Å². The number of aliphatic carboxylic acids is 1. The molecule has 4 atom stereocenters. The lowest BCUT2D eigenvalue weighted by atomic mass is 10.0. The number of benzene rings is 1. The summed E-state index contributed by atoms with van der Waals surface area (Å²) in [5.41, 5.74) is 11.8. The van der Waals surface area contributed by atoms with Gasteiger partial charge >= 0.3 is 5.97 Å². The first kappa shape index (κ1) is 29.8. The molecular weight excluding hydrogens is 458 g/mol. The quantitative estimate of drug-likeness (QED) is 0.134. The number of hydrogen-bond acceptors (Lipinski definition) is 8. The Morgan fingerprint density at radius 3 is 1.94 bits per heavy atom. The molecule has 0 aromatic heterocycles. The molecule has 12 heteroatoms. The maximum absolute atomic E-state index is 13.0. The molecule has 0 aliphatic heterocycles. The maximum atomic E-state index is 13.0. The Balaban J connectivity index is 3.04. The summed E-state index contributed by atoms with van der Waals surface area (Å²) in [6.07, 6.45) is 1.19. The lowest BCUT2D eigenvalue weighted by Crippen LogP contribution is -2.59. The highest BCUT2D eigenvalue weighted by molar-refractivity contribution is 5.94. The number of aliphatic hydroxyl groups is 1. The SMILES string of the molecule is CC(C)C(N)C(=O)NC(CO)C(=O)NC(Cc1ccc(O)cc1)C(=O)NC(CCCCN)C(=O)O. The number of phenols is 1. The van der Waals surface area contributed by atoms with E-state index in [-0.39, 0.29) is 24.5 Å². The van der Waals surface area contributed by atoms with Crippen molar-refractivity contribution in [1.29, 1.82) is 0 Å². The topological polar surface area (TPSA) is 217 Å². The van der Waals surface area contributed by atoms with E-state index >= 15 is 0 Å². The zero-order valence-electron chi connectivity index (χ0n) is 20.1. The van der Waals surface area contributed by atoms with Crippen LogP contribution in [0.25, 0.3) is 0 Å². The number of carbonyl (C=O) groups is 4. The van der Waals surface area contributed by atoms with E-state index in [9.17, 15) is 34.5 Å². The first-order valence-electron chi connectivity index (χ1n) is 11.5. The number of carboxylic acids is 1. The van der Waals surface area contributed by atoms with Crippen LogP contribution in [-0.4, -0.2) is 76.3 Å². The van der Waals surface area contributed by atoms with Crippen LogP contribution < -0.4 is 27.4 Å². The highest BCUT2D eigenvalue weighted by Crippen LogP contribution is 2.12. The Morgan fingerprint density at radius 1 is 0.886 bits per heavy atom. The highest BCUT2D eigenvalue weighted by Gasteiger charge is 2.30. The van der Waals surface area contributed by atoms with Gasteiger partial charge < -0.3 is 42.7 Å². The van der Waals surface area contributed by atoms with Gasteiger partial charge in [0.25, 0.3) is 0 Å². The van der Waals surface area contributed by atoms with Crippen molar-refractivity contribution in [3.05, 3.63) is 29.8 Å². The van der Waals surface area contributed by atoms with Crippen LogP contribution >= 0.6 is 0 Å². The van der Waals surface area contributed by atoms with Gasteiger partial charge in [-0.1, -0.05) is 26.0 Å². The van der Waals surface area contributed by atoms with Crippen molar-refractivity contribution in [2.24, 2.45) is 17.4 Å². The molecule has 0 fully saturated rings. The number of carboxylic acid groups (broad SMARTS) is 1. The summed E-state index contributed by atoms with van der Waals surface area (Å²) in [6, 6.07) is 1.21. The molecule has 0 aliphatic rings. The molecule has 1 aromatic carbocycles. The molecule has 0 bridgehead atoms. The van der Waals surface area contributed by atoms with Crippen molar-refractivity contribution in [3.63, 3.8) is 0 Å². The van der Waals surface area contributed by atoms with Gasteiger partial charge in [-0.25, -0.2) is 4.79 Å². The average molecular weight is 496 g/mol. The summed E-state index contributed by atoms with van der Waals surface area (Å²) < 4.78 is 0. The van der Waals surface area contributed by atoms with Crippen LogP contribution in [0, 0.1) is 5.92 Å². The number of aromatic hydroxyl groups is 1. The van der Waals surface area contributed by atoms with Crippen LogP contribution in [0.3, 0.4) is 0 Å². The molecule has 0 spiro atoms. The van der Waals surface area contributed by atoms with Gasteiger partial charge in [0.2, 0.25) is 17.7 Å². The number of nitrogens with one attached hydrogen (secondary N) is 3. The fraction of sp³-hybridized carbons (Fsp3) is 0.565. The van der Waals surface area contributed by atoms with Crippen molar-refractivity contribution in [3.8, 4) is 5.75 Å². The Morgan fingerprint density at radius 2 is 1.43 bits per heavy atom. The van der Waals surface area contributed by atoms with Crippen molar-refractivity contribution < 1.29 is 34.5 Å². The summed E-state index contributed by atoms with van der Waals surface area (Å²) >= 11 is 0. The van der Waals surface area contributed by atoms with Crippen molar-refractivity contribution >= 4 is 23.7 Å². The summed E-state index contributed by atoms with van der Waals surface area (Å²) in [4.78, 5) is 49.7. The number of carbonyl (C=O) groups excluding carboxylic acids is 3. The van der Waals surface area contributed by atoms with Gasteiger partial charge in [0.1, 0.15) is 23.9 Å². The number of amides is 3. The second-order valence-electron chi connectivity index (χ2n) is 8.63. The molecule has 0 saturated carbocycles. The van der Waals surface area contributed by atoms with E-state index < -0.39 is 54.5 Å². The van der Waals surface area contributed by atoms with Crippen LogP contribution in [0.1, 0.15) is 38.7 Å². The van der Waals surface area contributed by atoms with Gasteiger partial charge in [-0.3, -0.25) is 14.4 Å². The van der Waals surface area contributed by atoms with Gasteiger partial charge in [-0.15, -0.1) is 0 Å². The largest absolute Gasteiger partial charge is 0.508 e. The lowest BCUT2D eigenvalue weighted by molar-refractivity contribution is -0.142. The summed E-state index contributed by atoms with van der Waals surface area (Å²) in [6.45, 7) is 3.09.